The molecule has 1 aliphatic heterocycles. The number of rotatable bonds is 1. The molecule has 0 aromatic carbocycles. The predicted octanol–water partition coefficient (Wildman–Crippen LogP) is 0.0741. The van der Waals surface area contributed by atoms with Gasteiger partial charge in [-0.05, 0) is 26.3 Å². The van der Waals surface area contributed by atoms with E-state index in [0.29, 0.717) is 6.04 Å². The third-order valence-electron chi connectivity index (χ3n) is 3.07. The lowest BCUT2D eigenvalue weighted by Crippen LogP contribution is -2.36. The molecule has 3 atom stereocenters. The summed E-state index contributed by atoms with van der Waals surface area (Å²) in [5.74, 6) is -0.977. The van der Waals surface area contributed by atoms with Crippen molar-refractivity contribution in [3.05, 3.63) is 0 Å². The minimum absolute atomic E-state index is 0.155. The van der Waals surface area contributed by atoms with Crippen molar-refractivity contribution in [3.63, 3.8) is 0 Å². The van der Waals surface area contributed by atoms with Crippen LogP contribution in [0.3, 0.4) is 0 Å². The van der Waals surface area contributed by atoms with Gasteiger partial charge in [-0.3, -0.25) is 9.59 Å². The highest BCUT2D eigenvalue weighted by Crippen LogP contribution is 2.36. The van der Waals surface area contributed by atoms with Gasteiger partial charge < -0.3 is 10.1 Å². The Morgan fingerprint density at radius 2 is 1.92 bits per heavy atom. The van der Waals surface area contributed by atoms with Crippen molar-refractivity contribution in [3.8, 4) is 0 Å². The van der Waals surface area contributed by atoms with Gasteiger partial charge in [-0.1, -0.05) is 0 Å². The Morgan fingerprint density at radius 3 is 2.62 bits per heavy atom. The molecule has 0 spiro atoms. The number of esters is 2. The number of carbonyl (C=O) groups excluding carboxylic acids is 2. The first-order valence-corrected chi connectivity index (χ1v) is 4.65. The van der Waals surface area contributed by atoms with Gasteiger partial charge in [0, 0.05) is 6.04 Å². The Bertz CT molecular complexity index is 251. The Balaban J connectivity index is 2.10. The maximum atomic E-state index is 11.2. The van der Waals surface area contributed by atoms with E-state index >= 15 is 0 Å². The maximum Gasteiger partial charge on any atom is 0.317 e. The second kappa shape index (κ2) is 3.10. The number of hydrogen-bond acceptors (Lipinski definition) is 4. The number of ether oxygens (including phenoxy) is 1. The van der Waals surface area contributed by atoms with E-state index < -0.39 is 0 Å². The van der Waals surface area contributed by atoms with Crippen LogP contribution in [0, 0.1) is 11.8 Å². The third kappa shape index (κ3) is 1.35. The molecule has 2 fully saturated rings. The summed E-state index contributed by atoms with van der Waals surface area (Å²) < 4.78 is 4.60. The molecule has 1 saturated heterocycles. The van der Waals surface area contributed by atoms with Gasteiger partial charge in [-0.2, -0.15) is 0 Å². The van der Waals surface area contributed by atoms with Crippen molar-refractivity contribution in [2.24, 2.45) is 11.8 Å². The minimum atomic E-state index is -0.324. The summed E-state index contributed by atoms with van der Waals surface area (Å²) in [7, 11) is 1.88. The number of nitrogens with one attached hydrogen (secondary N) is 1. The van der Waals surface area contributed by atoms with E-state index in [2.05, 4.69) is 10.1 Å². The fraction of sp³-hybridized carbons (Fsp3) is 0.778. The molecule has 1 N–H and O–H groups in total. The molecule has 4 heteroatoms. The van der Waals surface area contributed by atoms with Crippen LogP contribution in [0.2, 0.25) is 0 Å². The maximum absolute atomic E-state index is 11.2. The van der Waals surface area contributed by atoms with Crippen molar-refractivity contribution < 1.29 is 14.3 Å². The van der Waals surface area contributed by atoms with Crippen molar-refractivity contribution in [2.45, 2.75) is 25.3 Å². The van der Waals surface area contributed by atoms with Crippen LogP contribution in [-0.4, -0.2) is 25.0 Å². The first-order valence-electron chi connectivity index (χ1n) is 4.65. The van der Waals surface area contributed by atoms with Crippen LogP contribution in [0.15, 0.2) is 0 Å². The molecule has 0 aromatic heterocycles. The van der Waals surface area contributed by atoms with Gasteiger partial charge >= 0.3 is 11.9 Å². The highest BCUT2D eigenvalue weighted by Gasteiger charge is 2.47. The van der Waals surface area contributed by atoms with Crippen LogP contribution in [0.4, 0.5) is 0 Å². The second-order valence-corrected chi connectivity index (χ2v) is 3.75. The van der Waals surface area contributed by atoms with E-state index in [-0.39, 0.29) is 23.8 Å². The zero-order valence-corrected chi connectivity index (χ0v) is 7.58. The molecule has 3 unspecified atom stereocenters. The van der Waals surface area contributed by atoms with Crippen LogP contribution >= 0.6 is 0 Å². The van der Waals surface area contributed by atoms with Crippen molar-refractivity contribution in [2.75, 3.05) is 7.05 Å². The minimum Gasteiger partial charge on any atom is -0.393 e. The lowest BCUT2D eigenvalue weighted by atomic mass is 9.78. The molecule has 2 aliphatic rings. The van der Waals surface area contributed by atoms with Gasteiger partial charge in [-0.25, -0.2) is 0 Å². The highest BCUT2D eigenvalue weighted by atomic mass is 16.6. The van der Waals surface area contributed by atoms with Gasteiger partial charge in [0.05, 0.1) is 11.8 Å². The van der Waals surface area contributed by atoms with Crippen LogP contribution in [0.5, 0.6) is 0 Å². The summed E-state index contributed by atoms with van der Waals surface area (Å²) in [5, 5.41) is 3.13. The zero-order valence-electron chi connectivity index (χ0n) is 7.58. The fourth-order valence-electron chi connectivity index (χ4n) is 2.23. The molecule has 0 amide bonds. The molecule has 72 valence electrons. The SMILES string of the molecule is CNC1CCC2C(=O)OC(=O)C2C1. The van der Waals surface area contributed by atoms with Crippen molar-refractivity contribution >= 4 is 11.9 Å². The Hall–Kier alpha value is -0.900. The average molecular weight is 183 g/mol. The quantitative estimate of drug-likeness (QED) is 0.462. The van der Waals surface area contributed by atoms with E-state index in [1.54, 1.807) is 0 Å². The first-order chi connectivity index (χ1) is 6.22. The Kier molecular flexibility index (Phi) is 2.07. The van der Waals surface area contributed by atoms with Crippen LogP contribution < -0.4 is 5.32 Å². The number of carbonyl (C=O) groups is 2. The topological polar surface area (TPSA) is 55.4 Å². The molecule has 4 nitrogen and oxygen atoms in total. The molecule has 0 bridgehead atoms. The summed E-state index contributed by atoms with van der Waals surface area (Å²) >= 11 is 0. The van der Waals surface area contributed by atoms with Crippen LogP contribution in [0.25, 0.3) is 0 Å². The third-order valence-corrected chi connectivity index (χ3v) is 3.07. The highest BCUT2D eigenvalue weighted by molar-refractivity contribution is 5.96. The van der Waals surface area contributed by atoms with E-state index in [9.17, 15) is 9.59 Å². The standard InChI is InChI=1S/C9H13NO3/c1-10-5-2-3-6-7(4-5)9(12)13-8(6)11/h5-7,10H,2-4H2,1H3. The van der Waals surface area contributed by atoms with Crippen LogP contribution in [0.1, 0.15) is 19.3 Å². The Labute approximate surface area is 76.6 Å². The number of hydrogen-bond donors (Lipinski definition) is 1. The number of fused-ring (bicyclic) bond motifs is 1. The van der Waals surface area contributed by atoms with Crippen molar-refractivity contribution in [1.82, 2.24) is 5.32 Å². The van der Waals surface area contributed by atoms with E-state index in [1.807, 2.05) is 7.05 Å². The van der Waals surface area contributed by atoms with E-state index in [4.69, 9.17) is 0 Å². The molecule has 13 heavy (non-hydrogen) atoms. The molecule has 1 saturated carbocycles. The summed E-state index contributed by atoms with van der Waals surface area (Å²) in [5.41, 5.74) is 0. The fourth-order valence-corrected chi connectivity index (χ4v) is 2.23. The number of cyclic esters (lactones) is 2. The lowest BCUT2D eigenvalue weighted by molar-refractivity contribution is -0.153. The molecular weight excluding hydrogens is 170 g/mol. The van der Waals surface area contributed by atoms with E-state index in [1.165, 1.54) is 0 Å². The van der Waals surface area contributed by atoms with Crippen molar-refractivity contribution in [1.29, 1.82) is 0 Å². The summed E-state index contributed by atoms with van der Waals surface area (Å²) in [6.45, 7) is 0. The summed E-state index contributed by atoms with van der Waals surface area (Å²) in [4.78, 5) is 22.4. The molecular formula is C9H13NO3. The van der Waals surface area contributed by atoms with Gasteiger partial charge in [0.1, 0.15) is 0 Å². The average Bonchev–Trinajstić information content (AvgIpc) is 2.42. The Morgan fingerprint density at radius 1 is 1.23 bits per heavy atom. The smallest absolute Gasteiger partial charge is 0.317 e. The molecule has 0 radical (unpaired) electrons. The lowest BCUT2D eigenvalue weighted by Gasteiger charge is -2.27. The van der Waals surface area contributed by atoms with Gasteiger partial charge in [0.2, 0.25) is 0 Å². The molecule has 2 rings (SSSR count). The molecule has 0 aromatic rings. The van der Waals surface area contributed by atoms with Gasteiger partial charge in [-0.15, -0.1) is 0 Å². The molecule has 1 heterocycles. The van der Waals surface area contributed by atoms with E-state index in [0.717, 1.165) is 19.3 Å². The second-order valence-electron chi connectivity index (χ2n) is 3.75. The van der Waals surface area contributed by atoms with Gasteiger partial charge in [0.15, 0.2) is 0 Å². The van der Waals surface area contributed by atoms with Gasteiger partial charge in [0.25, 0.3) is 0 Å². The van der Waals surface area contributed by atoms with Crippen LogP contribution in [-0.2, 0) is 14.3 Å². The zero-order chi connectivity index (χ0) is 9.42. The largest absolute Gasteiger partial charge is 0.393 e. The molecule has 1 aliphatic carbocycles. The normalized spacial score (nSPS) is 38.7. The predicted molar refractivity (Wildman–Crippen MR) is 44.8 cm³/mol. The first kappa shape index (κ1) is 8.69. The monoisotopic (exact) mass is 183 g/mol. The summed E-state index contributed by atoms with van der Waals surface area (Å²) in [6.07, 6.45) is 2.48. The summed E-state index contributed by atoms with van der Waals surface area (Å²) in [6, 6.07) is 0.361.